The van der Waals surface area contributed by atoms with Crippen molar-refractivity contribution in [3.8, 4) is 11.1 Å². The second kappa shape index (κ2) is 7.40. The minimum absolute atomic E-state index is 0.0265. The summed E-state index contributed by atoms with van der Waals surface area (Å²) in [6, 6.07) is 5.27. The maximum Gasteiger partial charge on any atom is 0.229 e. The third kappa shape index (κ3) is 3.28. The molecule has 1 aliphatic rings. The van der Waals surface area contributed by atoms with Gasteiger partial charge in [0, 0.05) is 60.2 Å². The van der Waals surface area contributed by atoms with Crippen molar-refractivity contribution in [2.45, 2.75) is 19.8 Å². The van der Waals surface area contributed by atoms with Crippen molar-refractivity contribution in [1.29, 1.82) is 0 Å². The first-order valence-corrected chi connectivity index (χ1v) is 10.4. The molecule has 162 valence electrons. The summed E-state index contributed by atoms with van der Waals surface area (Å²) in [5.74, 6) is 0.0588. The van der Waals surface area contributed by atoms with E-state index in [2.05, 4.69) is 27.3 Å². The molecule has 1 aromatic carbocycles. The van der Waals surface area contributed by atoms with Gasteiger partial charge in [-0.2, -0.15) is 5.10 Å². The summed E-state index contributed by atoms with van der Waals surface area (Å²) < 4.78 is 16.8. The van der Waals surface area contributed by atoms with Crippen LogP contribution in [0, 0.1) is 24.6 Å². The number of benzene rings is 1. The summed E-state index contributed by atoms with van der Waals surface area (Å²) in [6.45, 7) is 3.95. The maximum atomic E-state index is 15.0. The third-order valence-corrected chi connectivity index (χ3v) is 6.37. The van der Waals surface area contributed by atoms with E-state index in [1.165, 1.54) is 6.20 Å². The quantitative estimate of drug-likeness (QED) is 0.476. The smallest absolute Gasteiger partial charge is 0.229 e. The van der Waals surface area contributed by atoms with Gasteiger partial charge in [-0.1, -0.05) is 6.92 Å². The lowest BCUT2D eigenvalue weighted by Crippen LogP contribution is -2.16. The molecule has 0 spiro atoms. The SMILES string of the molecule is Cc1ccncc1-c1cc2cc(NC(=O)[C@H]3C(C)C3c3cnn(C)c3)ncc2c(N)c1F. The van der Waals surface area contributed by atoms with Crippen LogP contribution in [0.3, 0.4) is 0 Å². The first-order valence-electron chi connectivity index (χ1n) is 10.4. The van der Waals surface area contributed by atoms with E-state index < -0.39 is 5.82 Å². The van der Waals surface area contributed by atoms with E-state index >= 15 is 4.39 Å². The second-order valence-corrected chi connectivity index (χ2v) is 8.48. The third-order valence-electron chi connectivity index (χ3n) is 6.37. The number of anilines is 2. The van der Waals surface area contributed by atoms with Crippen molar-refractivity contribution in [1.82, 2.24) is 19.7 Å². The number of aryl methyl sites for hydroxylation is 2. The molecular formula is C24H23FN6O. The number of fused-ring (bicyclic) bond motifs is 1. The number of nitrogens with one attached hydrogen (secondary N) is 1. The highest BCUT2D eigenvalue weighted by Gasteiger charge is 2.52. The number of carbonyl (C=O) groups is 1. The Balaban J connectivity index is 1.45. The topological polar surface area (TPSA) is 98.7 Å². The molecule has 5 rings (SSSR count). The van der Waals surface area contributed by atoms with Gasteiger partial charge in [0.1, 0.15) is 5.82 Å². The van der Waals surface area contributed by atoms with Crippen LogP contribution < -0.4 is 11.1 Å². The van der Waals surface area contributed by atoms with Gasteiger partial charge in [0.15, 0.2) is 5.82 Å². The van der Waals surface area contributed by atoms with Gasteiger partial charge in [-0.05, 0) is 47.6 Å². The van der Waals surface area contributed by atoms with E-state index in [-0.39, 0.29) is 29.3 Å². The number of aromatic nitrogens is 4. The maximum absolute atomic E-state index is 15.0. The summed E-state index contributed by atoms with van der Waals surface area (Å²) >= 11 is 0. The molecule has 8 heteroatoms. The fraction of sp³-hybridized carbons (Fsp3) is 0.250. The number of nitrogens with zero attached hydrogens (tertiary/aromatic N) is 4. The van der Waals surface area contributed by atoms with Crippen LogP contribution in [0.2, 0.25) is 0 Å². The number of halogens is 1. The Morgan fingerprint density at radius 3 is 2.75 bits per heavy atom. The molecule has 3 aromatic heterocycles. The van der Waals surface area contributed by atoms with E-state index in [9.17, 15) is 4.79 Å². The van der Waals surface area contributed by atoms with E-state index in [4.69, 9.17) is 5.73 Å². The molecule has 0 aliphatic heterocycles. The number of hydrogen-bond acceptors (Lipinski definition) is 5. The van der Waals surface area contributed by atoms with Crippen molar-refractivity contribution >= 4 is 28.2 Å². The van der Waals surface area contributed by atoms with Crippen LogP contribution >= 0.6 is 0 Å². The first kappa shape index (κ1) is 20.1. The molecule has 0 saturated heterocycles. The minimum atomic E-state index is -0.502. The van der Waals surface area contributed by atoms with Gasteiger partial charge in [-0.25, -0.2) is 9.37 Å². The Morgan fingerprint density at radius 1 is 1.22 bits per heavy atom. The lowest BCUT2D eigenvalue weighted by Gasteiger charge is -2.12. The molecule has 1 saturated carbocycles. The Bertz CT molecular complexity index is 1360. The molecular weight excluding hydrogens is 407 g/mol. The summed E-state index contributed by atoms with van der Waals surface area (Å²) in [5, 5.41) is 8.31. The van der Waals surface area contributed by atoms with Crippen LogP contribution in [0.4, 0.5) is 15.9 Å². The lowest BCUT2D eigenvalue weighted by atomic mass is 9.98. The average molecular weight is 430 g/mol. The van der Waals surface area contributed by atoms with Crippen LogP contribution in [-0.2, 0) is 11.8 Å². The molecule has 1 fully saturated rings. The van der Waals surface area contributed by atoms with Gasteiger partial charge in [0.2, 0.25) is 5.91 Å². The molecule has 0 bridgehead atoms. The lowest BCUT2D eigenvalue weighted by molar-refractivity contribution is -0.117. The van der Waals surface area contributed by atoms with Gasteiger partial charge < -0.3 is 11.1 Å². The van der Waals surface area contributed by atoms with Gasteiger partial charge in [0.25, 0.3) is 0 Å². The minimum Gasteiger partial charge on any atom is -0.396 e. The van der Waals surface area contributed by atoms with Crippen molar-refractivity contribution < 1.29 is 9.18 Å². The molecule has 3 N–H and O–H groups in total. The standard InChI is InChI=1S/C24H23FN6O/c1-12-4-5-27-9-17(12)16-6-14-7-19(28-10-18(14)23(26)22(16)25)30-24(32)21-13(2)20(21)15-8-29-31(3)11-15/h4-11,13,20-21H,26H2,1-3H3,(H,28,30,32)/t13?,20?,21-/m0/s1. The molecule has 1 amide bonds. The highest BCUT2D eigenvalue weighted by atomic mass is 19.1. The number of rotatable bonds is 4. The molecule has 7 nitrogen and oxygen atoms in total. The van der Waals surface area contributed by atoms with E-state index in [1.807, 2.05) is 32.4 Å². The van der Waals surface area contributed by atoms with Crippen LogP contribution in [-0.4, -0.2) is 25.7 Å². The van der Waals surface area contributed by atoms with E-state index in [0.29, 0.717) is 27.7 Å². The predicted molar refractivity (Wildman–Crippen MR) is 121 cm³/mol. The largest absolute Gasteiger partial charge is 0.396 e. The van der Waals surface area contributed by atoms with Crippen LogP contribution in [0.15, 0.2) is 49.2 Å². The Kier molecular flexibility index (Phi) is 4.65. The zero-order valence-electron chi connectivity index (χ0n) is 18.0. The van der Waals surface area contributed by atoms with Crippen LogP contribution in [0.25, 0.3) is 21.9 Å². The van der Waals surface area contributed by atoms with E-state index in [1.54, 1.807) is 29.2 Å². The van der Waals surface area contributed by atoms with E-state index in [0.717, 1.165) is 11.1 Å². The molecule has 32 heavy (non-hydrogen) atoms. The highest BCUT2D eigenvalue weighted by molar-refractivity contribution is 6.00. The Hall–Kier alpha value is -3.81. The Morgan fingerprint density at radius 2 is 2.03 bits per heavy atom. The van der Waals surface area contributed by atoms with Crippen molar-refractivity contribution in [2.75, 3.05) is 11.1 Å². The van der Waals surface area contributed by atoms with Gasteiger partial charge in [0.05, 0.1) is 11.9 Å². The molecule has 3 heterocycles. The monoisotopic (exact) mass is 430 g/mol. The molecule has 4 aromatic rings. The first-order chi connectivity index (χ1) is 15.3. The zero-order chi connectivity index (χ0) is 22.6. The molecule has 2 unspecified atom stereocenters. The average Bonchev–Trinajstić information content (AvgIpc) is 3.25. The Labute approximate surface area is 184 Å². The molecule has 3 atom stereocenters. The summed E-state index contributed by atoms with van der Waals surface area (Å²) in [7, 11) is 1.86. The van der Waals surface area contributed by atoms with Crippen molar-refractivity contribution in [3.05, 3.63) is 66.1 Å². The normalized spacial score (nSPS) is 19.8. The van der Waals surface area contributed by atoms with Crippen LogP contribution in [0.5, 0.6) is 0 Å². The van der Waals surface area contributed by atoms with Crippen molar-refractivity contribution in [2.24, 2.45) is 18.9 Å². The fourth-order valence-electron chi connectivity index (χ4n) is 4.51. The number of hydrogen-bond donors (Lipinski definition) is 2. The number of nitrogen functional groups attached to an aromatic ring is 1. The fourth-order valence-corrected chi connectivity index (χ4v) is 4.51. The summed E-state index contributed by atoms with van der Waals surface area (Å²) in [4.78, 5) is 21.3. The number of amides is 1. The summed E-state index contributed by atoms with van der Waals surface area (Å²) in [6.07, 6.45) is 8.54. The number of pyridine rings is 2. The van der Waals surface area contributed by atoms with Gasteiger partial charge in [-0.15, -0.1) is 0 Å². The highest BCUT2D eigenvalue weighted by Crippen LogP contribution is 2.54. The van der Waals surface area contributed by atoms with Gasteiger partial charge in [-0.3, -0.25) is 14.5 Å². The van der Waals surface area contributed by atoms with Crippen LogP contribution in [0.1, 0.15) is 24.0 Å². The predicted octanol–water partition coefficient (Wildman–Crippen LogP) is 4.05. The number of carbonyl (C=O) groups excluding carboxylic acids is 1. The number of nitrogens with two attached hydrogens (primary N) is 1. The second-order valence-electron chi connectivity index (χ2n) is 8.48. The summed E-state index contributed by atoms with van der Waals surface area (Å²) in [5.41, 5.74) is 9.11. The molecule has 0 radical (unpaired) electrons. The van der Waals surface area contributed by atoms with Crippen molar-refractivity contribution in [3.63, 3.8) is 0 Å². The van der Waals surface area contributed by atoms with Gasteiger partial charge >= 0.3 is 0 Å². The zero-order valence-corrected chi connectivity index (χ0v) is 18.0. The molecule has 1 aliphatic carbocycles.